The molecule has 0 N–H and O–H groups in total. The smallest absolute Gasteiger partial charge is 0.310 e. The molecule has 0 fully saturated rings. The van der Waals surface area contributed by atoms with Crippen molar-refractivity contribution < 1.29 is 9.53 Å². The van der Waals surface area contributed by atoms with Crippen molar-refractivity contribution >= 4 is 40.2 Å². The number of ether oxygens (including phenoxy) is 1. The molecular formula is C25H20ClNO2S. The summed E-state index contributed by atoms with van der Waals surface area (Å²) in [5, 5.41) is 2.97. The van der Waals surface area contributed by atoms with Crippen molar-refractivity contribution in [3.05, 3.63) is 95.0 Å². The zero-order valence-corrected chi connectivity index (χ0v) is 18.0. The third-order valence-electron chi connectivity index (χ3n) is 5.74. The number of aromatic nitrogens is 1. The Morgan fingerprint density at radius 2 is 1.70 bits per heavy atom. The van der Waals surface area contributed by atoms with Crippen molar-refractivity contribution in [1.82, 2.24) is 4.57 Å². The maximum absolute atomic E-state index is 12.8. The van der Waals surface area contributed by atoms with Gasteiger partial charge < -0.3 is 9.30 Å². The van der Waals surface area contributed by atoms with Crippen molar-refractivity contribution in [3.8, 4) is 5.69 Å². The maximum Gasteiger partial charge on any atom is 0.310 e. The van der Waals surface area contributed by atoms with Crippen LogP contribution in [-0.4, -0.2) is 23.4 Å². The average molecular weight is 434 g/mol. The number of hydrogen-bond donors (Lipinski definition) is 0. The molecular weight excluding hydrogens is 414 g/mol. The molecule has 0 aliphatic carbocycles. The van der Waals surface area contributed by atoms with Crippen LogP contribution in [0.3, 0.4) is 0 Å². The van der Waals surface area contributed by atoms with E-state index in [1.165, 1.54) is 7.11 Å². The van der Waals surface area contributed by atoms with Crippen molar-refractivity contribution in [1.29, 1.82) is 0 Å². The summed E-state index contributed by atoms with van der Waals surface area (Å²) in [5.74, 6) is -0.0343. The monoisotopic (exact) mass is 433 g/mol. The Balaban J connectivity index is 1.84. The number of carbonyl (C=O) groups is 1. The van der Waals surface area contributed by atoms with Gasteiger partial charge in [0.1, 0.15) is 0 Å². The molecule has 5 heteroatoms. The Morgan fingerprint density at radius 1 is 1.00 bits per heavy atom. The van der Waals surface area contributed by atoms with E-state index in [-0.39, 0.29) is 17.8 Å². The highest BCUT2D eigenvalue weighted by Crippen LogP contribution is 2.51. The van der Waals surface area contributed by atoms with Gasteiger partial charge in [0, 0.05) is 33.3 Å². The SMILES string of the molecule is COC(=O)[C@H]1CSc2c(c3ccccc3n2-c2ccccc2)[C@@H]1c1ccccc1Cl. The van der Waals surface area contributed by atoms with Gasteiger partial charge in [0.25, 0.3) is 0 Å². The normalized spacial score (nSPS) is 18.2. The van der Waals surface area contributed by atoms with E-state index < -0.39 is 0 Å². The number of nitrogens with zero attached hydrogens (tertiary/aromatic N) is 1. The van der Waals surface area contributed by atoms with Gasteiger partial charge in [-0.1, -0.05) is 66.2 Å². The fraction of sp³-hybridized carbons (Fsp3) is 0.160. The number of halogens is 1. The Hall–Kier alpha value is -2.69. The van der Waals surface area contributed by atoms with Crippen LogP contribution in [0.25, 0.3) is 16.6 Å². The number of benzene rings is 3. The molecule has 0 amide bonds. The fourth-order valence-electron chi connectivity index (χ4n) is 4.44. The highest BCUT2D eigenvalue weighted by Gasteiger charge is 2.41. The molecule has 5 rings (SSSR count). The first-order valence-corrected chi connectivity index (χ1v) is 11.2. The molecule has 1 aliphatic rings. The van der Waals surface area contributed by atoms with Crippen molar-refractivity contribution in [2.24, 2.45) is 5.92 Å². The van der Waals surface area contributed by atoms with Crippen molar-refractivity contribution in [3.63, 3.8) is 0 Å². The van der Waals surface area contributed by atoms with Gasteiger partial charge in [0.2, 0.25) is 0 Å². The van der Waals surface area contributed by atoms with E-state index in [0.29, 0.717) is 10.8 Å². The molecule has 4 aromatic rings. The maximum atomic E-state index is 12.8. The standard InChI is InChI=1S/C25H20ClNO2S/c1-29-25(28)19-15-30-24-23(22(19)17-11-5-7-13-20(17)26)18-12-6-8-14-21(18)27(24)16-9-3-2-4-10-16/h2-14,19,22H,15H2,1H3/t19-,22+/m0/s1. The molecule has 30 heavy (non-hydrogen) atoms. The average Bonchev–Trinajstić information content (AvgIpc) is 3.13. The molecule has 0 saturated heterocycles. The van der Waals surface area contributed by atoms with Gasteiger partial charge in [-0.2, -0.15) is 0 Å². The van der Waals surface area contributed by atoms with Gasteiger partial charge in [-0.25, -0.2) is 0 Å². The van der Waals surface area contributed by atoms with Crippen LogP contribution in [0.4, 0.5) is 0 Å². The predicted octanol–water partition coefficient (Wildman–Crippen LogP) is 6.31. The largest absolute Gasteiger partial charge is 0.469 e. The Morgan fingerprint density at radius 3 is 2.47 bits per heavy atom. The van der Waals surface area contributed by atoms with Crippen LogP contribution in [-0.2, 0) is 9.53 Å². The number of carbonyl (C=O) groups excluding carboxylic acids is 1. The molecule has 0 saturated carbocycles. The minimum Gasteiger partial charge on any atom is -0.469 e. The van der Waals surface area contributed by atoms with Crippen molar-refractivity contribution in [2.75, 3.05) is 12.9 Å². The summed E-state index contributed by atoms with van der Waals surface area (Å²) in [4.78, 5) is 12.8. The highest BCUT2D eigenvalue weighted by molar-refractivity contribution is 7.99. The van der Waals surface area contributed by atoms with Crippen LogP contribution in [0.1, 0.15) is 17.0 Å². The Labute approximate surface area is 184 Å². The molecule has 0 radical (unpaired) electrons. The second-order valence-corrected chi connectivity index (χ2v) is 8.76. The fourth-order valence-corrected chi connectivity index (χ4v) is 6.08. The van der Waals surface area contributed by atoms with Gasteiger partial charge in [-0.15, -0.1) is 11.8 Å². The molecule has 0 unspecified atom stereocenters. The topological polar surface area (TPSA) is 31.2 Å². The molecule has 2 atom stereocenters. The van der Waals surface area contributed by atoms with Crippen LogP contribution in [0.2, 0.25) is 5.02 Å². The lowest BCUT2D eigenvalue weighted by Gasteiger charge is -2.31. The van der Waals surface area contributed by atoms with E-state index >= 15 is 0 Å². The summed E-state index contributed by atoms with van der Waals surface area (Å²) < 4.78 is 7.50. The lowest BCUT2D eigenvalue weighted by atomic mass is 9.81. The van der Waals surface area contributed by atoms with E-state index in [2.05, 4.69) is 34.9 Å². The van der Waals surface area contributed by atoms with Crippen LogP contribution in [0.5, 0.6) is 0 Å². The molecule has 3 nitrogen and oxygen atoms in total. The van der Waals surface area contributed by atoms with Crippen LogP contribution in [0.15, 0.2) is 83.9 Å². The number of fused-ring (bicyclic) bond motifs is 3. The molecule has 150 valence electrons. The molecule has 3 aromatic carbocycles. The van der Waals surface area contributed by atoms with E-state index in [4.69, 9.17) is 16.3 Å². The first kappa shape index (κ1) is 19.3. The zero-order chi connectivity index (χ0) is 20.7. The third kappa shape index (κ3) is 3.03. The molecule has 2 heterocycles. The van der Waals surface area contributed by atoms with Crippen LogP contribution < -0.4 is 0 Å². The number of methoxy groups -OCH3 is 1. The third-order valence-corrected chi connectivity index (χ3v) is 7.29. The summed E-state index contributed by atoms with van der Waals surface area (Å²) in [6.45, 7) is 0. The van der Waals surface area contributed by atoms with Crippen molar-refractivity contribution in [2.45, 2.75) is 10.9 Å². The zero-order valence-electron chi connectivity index (χ0n) is 16.4. The lowest BCUT2D eigenvalue weighted by molar-refractivity contribution is -0.145. The van der Waals surface area contributed by atoms with Gasteiger partial charge in [0.05, 0.1) is 23.6 Å². The molecule has 0 bridgehead atoms. The van der Waals surface area contributed by atoms with Crippen LogP contribution >= 0.6 is 23.4 Å². The second kappa shape index (κ2) is 7.86. The number of hydrogen-bond acceptors (Lipinski definition) is 3. The lowest BCUT2D eigenvalue weighted by Crippen LogP contribution is -2.30. The summed E-state index contributed by atoms with van der Waals surface area (Å²) in [6, 6.07) is 26.5. The summed E-state index contributed by atoms with van der Waals surface area (Å²) in [6.07, 6.45) is 0. The molecule has 1 aromatic heterocycles. The first-order chi connectivity index (χ1) is 14.7. The Kier molecular flexibility index (Phi) is 5.05. The van der Waals surface area contributed by atoms with E-state index in [1.54, 1.807) is 11.8 Å². The van der Waals surface area contributed by atoms with Crippen LogP contribution in [0, 0.1) is 5.92 Å². The number of para-hydroxylation sites is 2. The number of esters is 1. The van der Waals surface area contributed by atoms with E-state index in [9.17, 15) is 4.79 Å². The molecule has 0 spiro atoms. The van der Waals surface area contributed by atoms with Gasteiger partial charge in [-0.05, 0) is 29.8 Å². The summed E-state index contributed by atoms with van der Waals surface area (Å²) in [5.41, 5.74) is 4.35. The Bertz CT molecular complexity index is 1230. The van der Waals surface area contributed by atoms with Gasteiger partial charge >= 0.3 is 5.97 Å². The van der Waals surface area contributed by atoms with Gasteiger partial charge in [-0.3, -0.25) is 4.79 Å². The minimum absolute atomic E-state index is 0.169. The summed E-state index contributed by atoms with van der Waals surface area (Å²) >= 11 is 8.36. The summed E-state index contributed by atoms with van der Waals surface area (Å²) in [7, 11) is 1.46. The number of rotatable bonds is 3. The highest BCUT2D eigenvalue weighted by atomic mass is 35.5. The minimum atomic E-state index is -0.303. The number of thioether (sulfide) groups is 1. The van der Waals surface area contributed by atoms with E-state index in [1.807, 2.05) is 48.5 Å². The first-order valence-electron chi connectivity index (χ1n) is 9.84. The van der Waals surface area contributed by atoms with Gasteiger partial charge in [0.15, 0.2) is 0 Å². The quantitative estimate of drug-likeness (QED) is 0.355. The predicted molar refractivity (Wildman–Crippen MR) is 123 cm³/mol. The molecule has 1 aliphatic heterocycles. The van der Waals surface area contributed by atoms with E-state index in [0.717, 1.165) is 32.7 Å². The second-order valence-electron chi connectivity index (χ2n) is 7.35.